The van der Waals surface area contributed by atoms with Crippen molar-refractivity contribution >= 4 is 32.7 Å². The van der Waals surface area contributed by atoms with E-state index in [0.29, 0.717) is 22.5 Å². The van der Waals surface area contributed by atoms with Gasteiger partial charge in [-0.2, -0.15) is 31.9 Å². The molecule has 43 heavy (non-hydrogen) atoms. The molecular formula is C27H20F3N7O5S. The fourth-order valence-corrected chi connectivity index (χ4v) is 5.53. The molecule has 1 N–H and O–H groups in total. The lowest BCUT2D eigenvalue weighted by Gasteiger charge is -2.24. The predicted molar refractivity (Wildman–Crippen MR) is 145 cm³/mol. The summed E-state index contributed by atoms with van der Waals surface area (Å²) in [6.45, 7) is 0. The molecule has 0 fully saturated rings. The highest BCUT2D eigenvalue weighted by molar-refractivity contribution is 7.92. The maximum atomic E-state index is 13.7. The Balaban J connectivity index is 1.53. The van der Waals surface area contributed by atoms with Gasteiger partial charge in [-0.15, -0.1) is 0 Å². The van der Waals surface area contributed by atoms with Crippen molar-refractivity contribution in [3.63, 3.8) is 0 Å². The number of nitrogens with zero attached hydrogens (tertiary/aromatic N) is 6. The number of carbonyl (C=O) groups excluding carboxylic acids is 1. The molecule has 2 aromatic carbocycles. The van der Waals surface area contributed by atoms with E-state index in [1.165, 1.54) is 54.6 Å². The minimum Gasteiger partial charge on any atom is -0.497 e. The van der Waals surface area contributed by atoms with Gasteiger partial charge in [-0.3, -0.25) is 4.68 Å². The molecule has 0 saturated carbocycles. The van der Waals surface area contributed by atoms with E-state index in [9.17, 15) is 31.6 Å². The number of sulfonamides is 1. The Bertz CT molecular complexity index is 1930. The number of H-pyrrole nitrogens is 1. The highest BCUT2D eigenvalue weighted by atomic mass is 32.2. The number of nitriles is 1. The molecule has 3 aromatic heterocycles. The van der Waals surface area contributed by atoms with Crippen LogP contribution in [0, 0.1) is 11.3 Å². The van der Waals surface area contributed by atoms with Gasteiger partial charge in [0.05, 0.1) is 48.1 Å². The summed E-state index contributed by atoms with van der Waals surface area (Å²) in [5.74, 6) is -2.46. The molecule has 0 bridgehead atoms. The quantitative estimate of drug-likeness (QED) is 0.236. The lowest BCUT2D eigenvalue weighted by Crippen LogP contribution is -2.38. The highest BCUT2D eigenvalue weighted by Crippen LogP contribution is 2.32. The van der Waals surface area contributed by atoms with Gasteiger partial charge in [0.2, 0.25) is 0 Å². The van der Waals surface area contributed by atoms with Crippen molar-refractivity contribution in [2.45, 2.75) is 23.5 Å². The van der Waals surface area contributed by atoms with E-state index < -0.39 is 38.8 Å². The van der Waals surface area contributed by atoms with Gasteiger partial charge < -0.3 is 14.6 Å². The zero-order valence-electron chi connectivity index (χ0n) is 22.1. The van der Waals surface area contributed by atoms with Crippen LogP contribution in [0.3, 0.4) is 0 Å². The average Bonchev–Trinajstić information content (AvgIpc) is 3.68. The third-order valence-electron chi connectivity index (χ3n) is 6.27. The number of rotatable bonds is 9. The van der Waals surface area contributed by atoms with E-state index in [4.69, 9.17) is 4.74 Å². The second kappa shape index (κ2) is 11.4. The number of hydrogen-bond donors (Lipinski definition) is 1. The van der Waals surface area contributed by atoms with Gasteiger partial charge in [-0.25, -0.2) is 14.8 Å². The zero-order chi connectivity index (χ0) is 30.8. The van der Waals surface area contributed by atoms with Crippen LogP contribution in [-0.4, -0.2) is 52.4 Å². The Morgan fingerprint density at radius 2 is 1.93 bits per heavy atom. The van der Waals surface area contributed by atoms with Gasteiger partial charge in [-0.05, 0) is 48.0 Å². The van der Waals surface area contributed by atoms with Crippen molar-refractivity contribution < 1.29 is 36.0 Å². The molecule has 220 valence electrons. The van der Waals surface area contributed by atoms with Gasteiger partial charge in [0, 0.05) is 23.3 Å². The van der Waals surface area contributed by atoms with Crippen LogP contribution in [0.2, 0.25) is 0 Å². The van der Waals surface area contributed by atoms with E-state index in [1.54, 1.807) is 18.5 Å². The number of nitrogens with one attached hydrogen (secondary N) is 1. The minimum atomic E-state index is -5.48. The number of alkyl halides is 3. The summed E-state index contributed by atoms with van der Waals surface area (Å²) in [6, 6.07) is 13.0. The van der Waals surface area contributed by atoms with Crippen LogP contribution in [0.1, 0.15) is 18.0 Å². The molecule has 16 heteroatoms. The predicted octanol–water partition coefficient (Wildman–Crippen LogP) is 4.55. The van der Waals surface area contributed by atoms with Crippen LogP contribution < -0.4 is 9.21 Å². The van der Waals surface area contributed by atoms with Crippen LogP contribution in [0.5, 0.6) is 5.75 Å². The number of hydrogen-bond acceptors (Lipinski definition) is 9. The molecule has 5 aromatic rings. The van der Waals surface area contributed by atoms with Crippen molar-refractivity contribution in [3.05, 3.63) is 85.1 Å². The molecule has 0 aliphatic rings. The fraction of sp³-hybridized carbons (Fsp3) is 0.148. The van der Waals surface area contributed by atoms with Crippen molar-refractivity contribution in [1.82, 2.24) is 24.7 Å². The smallest absolute Gasteiger partial charge is 0.493 e. The molecular weight excluding hydrogens is 591 g/mol. The van der Waals surface area contributed by atoms with E-state index in [-0.39, 0.29) is 16.6 Å². The lowest BCUT2D eigenvalue weighted by molar-refractivity contribution is -0.199. The lowest BCUT2D eigenvalue weighted by atomic mass is 10.0. The van der Waals surface area contributed by atoms with Crippen LogP contribution in [0.4, 0.5) is 18.9 Å². The average molecular weight is 612 g/mol. The largest absolute Gasteiger partial charge is 0.497 e. The number of aromatic nitrogens is 5. The molecule has 1 atom stereocenters. The first-order valence-corrected chi connectivity index (χ1v) is 13.7. The van der Waals surface area contributed by atoms with Crippen molar-refractivity contribution in [2.24, 2.45) is 0 Å². The summed E-state index contributed by atoms with van der Waals surface area (Å²) in [6.07, 6.45) is 0.632. The normalized spacial score (nSPS) is 12.4. The molecule has 0 amide bonds. The van der Waals surface area contributed by atoms with E-state index in [1.807, 2.05) is 6.07 Å². The Morgan fingerprint density at radius 3 is 2.63 bits per heavy atom. The summed E-state index contributed by atoms with van der Waals surface area (Å²) in [5.41, 5.74) is 1.69. The SMILES string of the molecule is COc1ccc(N(OC(=O)C(F)(F)F)S(=O)(=O)c2cccc(C(CC#N)n3cc(-c4ncnc5[nH]ccc45)cn3)c2)cc1. The summed E-state index contributed by atoms with van der Waals surface area (Å²) in [7, 11) is -3.58. The number of benzene rings is 2. The monoisotopic (exact) mass is 611 g/mol. The van der Waals surface area contributed by atoms with Crippen molar-refractivity contribution in [2.75, 3.05) is 11.6 Å². The molecule has 0 aliphatic heterocycles. The number of halogens is 3. The second-order valence-corrected chi connectivity index (χ2v) is 10.7. The minimum absolute atomic E-state index is 0.107. The summed E-state index contributed by atoms with van der Waals surface area (Å²) < 4.78 is 73.0. The standard InChI is InChI=1S/C27H20F3N7O5S/c1-41-20-7-5-19(6-8-20)37(42-26(38)27(28,29)30)43(39,40)21-4-2-3-17(13-21)23(9-11-31)36-15-18(14-35-36)24-22-10-12-32-25(22)34-16-33-24/h2-8,10,12-16,23H,9H2,1H3,(H,32,33,34). The Labute approximate surface area is 241 Å². The molecule has 0 spiro atoms. The summed E-state index contributed by atoms with van der Waals surface area (Å²) in [5, 5.41) is 14.7. The third-order valence-corrected chi connectivity index (χ3v) is 7.84. The van der Waals surface area contributed by atoms with Gasteiger partial charge >= 0.3 is 12.1 Å². The number of aromatic amines is 1. The van der Waals surface area contributed by atoms with Crippen LogP contribution in [-0.2, 0) is 19.7 Å². The number of methoxy groups -OCH3 is 1. The molecule has 3 heterocycles. The van der Waals surface area contributed by atoms with Gasteiger partial charge in [-0.1, -0.05) is 16.6 Å². The fourth-order valence-electron chi connectivity index (χ4n) is 4.23. The first-order chi connectivity index (χ1) is 20.5. The topological polar surface area (TPSA) is 156 Å². The van der Waals surface area contributed by atoms with E-state index in [2.05, 4.69) is 24.9 Å². The number of anilines is 1. The first-order valence-electron chi connectivity index (χ1n) is 12.3. The molecule has 0 radical (unpaired) electrons. The van der Waals surface area contributed by atoms with Crippen molar-refractivity contribution in [1.29, 1.82) is 5.26 Å². The van der Waals surface area contributed by atoms with E-state index >= 15 is 0 Å². The van der Waals surface area contributed by atoms with Crippen LogP contribution in [0.25, 0.3) is 22.3 Å². The molecule has 5 rings (SSSR count). The molecule has 0 saturated heterocycles. The maximum absolute atomic E-state index is 13.7. The number of ether oxygens (including phenoxy) is 1. The first kappa shape index (κ1) is 29.1. The second-order valence-electron chi connectivity index (χ2n) is 8.93. The van der Waals surface area contributed by atoms with Gasteiger partial charge in [0.1, 0.15) is 17.7 Å². The van der Waals surface area contributed by atoms with Gasteiger partial charge in [0.15, 0.2) is 0 Å². The van der Waals surface area contributed by atoms with Crippen LogP contribution >= 0.6 is 0 Å². The summed E-state index contributed by atoms with van der Waals surface area (Å²) >= 11 is 0. The van der Waals surface area contributed by atoms with E-state index in [0.717, 1.165) is 23.6 Å². The molecule has 1 unspecified atom stereocenters. The Hall–Kier alpha value is -5.43. The maximum Gasteiger partial charge on any atom is 0.493 e. The Morgan fingerprint density at radius 1 is 1.16 bits per heavy atom. The Kier molecular flexibility index (Phi) is 7.74. The molecule has 0 aliphatic carbocycles. The third kappa shape index (κ3) is 5.83. The molecule has 12 nitrogen and oxygen atoms in total. The van der Waals surface area contributed by atoms with Crippen molar-refractivity contribution in [3.8, 4) is 23.1 Å². The van der Waals surface area contributed by atoms with Crippen LogP contribution in [0.15, 0.2) is 84.4 Å². The summed E-state index contributed by atoms with van der Waals surface area (Å²) in [4.78, 5) is 27.1. The highest BCUT2D eigenvalue weighted by Gasteiger charge is 2.45. The zero-order valence-corrected chi connectivity index (χ0v) is 22.9. The number of fused-ring (bicyclic) bond motifs is 1. The number of carbonyl (C=O) groups is 1. The van der Waals surface area contributed by atoms with Gasteiger partial charge in [0.25, 0.3) is 10.0 Å².